The zero-order valence-electron chi connectivity index (χ0n) is 11.4. The van der Waals surface area contributed by atoms with Gasteiger partial charge in [0.05, 0.1) is 18.0 Å². The van der Waals surface area contributed by atoms with Crippen molar-refractivity contribution in [3.05, 3.63) is 48.2 Å². The summed E-state index contributed by atoms with van der Waals surface area (Å²) in [7, 11) is 0. The highest BCUT2D eigenvalue weighted by atomic mass is 16.5. The molecule has 2 aromatic rings. The van der Waals surface area contributed by atoms with Gasteiger partial charge in [0, 0.05) is 12.0 Å². The molecular weight excluding hydrogens is 254 g/mol. The van der Waals surface area contributed by atoms with E-state index in [4.69, 9.17) is 9.84 Å². The van der Waals surface area contributed by atoms with E-state index in [0.717, 1.165) is 17.7 Å². The number of rotatable bonds is 5. The molecule has 0 saturated carbocycles. The third kappa shape index (κ3) is 3.65. The van der Waals surface area contributed by atoms with Crippen molar-refractivity contribution in [3.63, 3.8) is 0 Å². The molecule has 0 fully saturated rings. The lowest BCUT2D eigenvalue weighted by Crippen LogP contribution is -2.06. The Hall–Kier alpha value is -2.20. The van der Waals surface area contributed by atoms with Crippen LogP contribution in [0.4, 0.5) is 0 Å². The number of pyridine rings is 1. The van der Waals surface area contributed by atoms with Crippen molar-refractivity contribution >= 4 is 5.97 Å². The number of carbonyl (C=O) groups excluding carboxylic acids is 1. The van der Waals surface area contributed by atoms with Gasteiger partial charge >= 0.3 is 5.97 Å². The molecule has 20 heavy (non-hydrogen) atoms. The first-order valence-electron chi connectivity index (χ1n) is 6.61. The van der Waals surface area contributed by atoms with E-state index in [-0.39, 0.29) is 12.6 Å². The summed E-state index contributed by atoms with van der Waals surface area (Å²) in [6.45, 7) is 1.83. The molecule has 4 nitrogen and oxygen atoms in total. The molecule has 0 amide bonds. The van der Waals surface area contributed by atoms with Crippen LogP contribution in [-0.4, -0.2) is 16.1 Å². The molecule has 0 bridgehead atoms. The minimum absolute atomic E-state index is 0.0982. The summed E-state index contributed by atoms with van der Waals surface area (Å²) in [6.07, 6.45) is 1.17. The topological polar surface area (TPSA) is 59.4 Å². The maximum absolute atomic E-state index is 11.5. The minimum atomic E-state index is -0.235. The van der Waals surface area contributed by atoms with Crippen molar-refractivity contribution < 1.29 is 14.6 Å². The smallest absolute Gasteiger partial charge is 0.311 e. The van der Waals surface area contributed by atoms with Crippen LogP contribution in [0.2, 0.25) is 0 Å². The molecule has 4 heteroatoms. The van der Waals surface area contributed by atoms with E-state index in [1.807, 2.05) is 31.2 Å². The van der Waals surface area contributed by atoms with Gasteiger partial charge in [-0.3, -0.25) is 9.78 Å². The summed E-state index contributed by atoms with van der Waals surface area (Å²) >= 11 is 0. The Bertz CT molecular complexity index is 596. The lowest BCUT2D eigenvalue weighted by atomic mass is 10.1. The van der Waals surface area contributed by atoms with Crippen molar-refractivity contribution in [1.29, 1.82) is 0 Å². The van der Waals surface area contributed by atoms with Gasteiger partial charge in [-0.1, -0.05) is 25.1 Å². The van der Waals surface area contributed by atoms with Gasteiger partial charge in [0.15, 0.2) is 0 Å². The van der Waals surface area contributed by atoms with Crippen LogP contribution in [0.5, 0.6) is 5.75 Å². The van der Waals surface area contributed by atoms with Crippen molar-refractivity contribution in [2.45, 2.75) is 26.4 Å². The van der Waals surface area contributed by atoms with E-state index in [2.05, 4.69) is 4.98 Å². The summed E-state index contributed by atoms with van der Waals surface area (Å²) in [5.74, 6) is 0.277. The number of aliphatic hydroxyl groups excluding tert-OH is 1. The van der Waals surface area contributed by atoms with Crippen molar-refractivity contribution in [3.8, 4) is 17.0 Å². The van der Waals surface area contributed by atoms with Gasteiger partial charge in [-0.2, -0.15) is 0 Å². The fraction of sp³-hybridized carbons (Fsp3) is 0.250. The quantitative estimate of drug-likeness (QED) is 0.671. The van der Waals surface area contributed by atoms with E-state index in [1.54, 1.807) is 18.2 Å². The molecule has 2 rings (SSSR count). The van der Waals surface area contributed by atoms with Gasteiger partial charge in [-0.25, -0.2) is 0 Å². The van der Waals surface area contributed by atoms with E-state index in [0.29, 0.717) is 17.9 Å². The molecule has 1 aromatic carbocycles. The Morgan fingerprint density at radius 1 is 1.25 bits per heavy atom. The number of esters is 1. The second-order valence-corrected chi connectivity index (χ2v) is 4.42. The Morgan fingerprint density at radius 3 is 2.80 bits per heavy atom. The number of aromatic nitrogens is 1. The van der Waals surface area contributed by atoms with Gasteiger partial charge in [0.25, 0.3) is 0 Å². The average molecular weight is 271 g/mol. The molecule has 0 radical (unpaired) electrons. The summed E-state index contributed by atoms with van der Waals surface area (Å²) in [5, 5.41) is 9.11. The molecule has 1 heterocycles. The predicted octanol–water partition coefficient (Wildman–Crippen LogP) is 2.95. The summed E-state index contributed by atoms with van der Waals surface area (Å²) < 4.78 is 5.26. The van der Waals surface area contributed by atoms with Crippen molar-refractivity contribution in [2.75, 3.05) is 0 Å². The highest BCUT2D eigenvalue weighted by Gasteiger charge is 2.06. The molecule has 0 aliphatic heterocycles. The predicted molar refractivity (Wildman–Crippen MR) is 76.1 cm³/mol. The zero-order chi connectivity index (χ0) is 14.4. The highest BCUT2D eigenvalue weighted by Crippen LogP contribution is 2.23. The van der Waals surface area contributed by atoms with Crippen LogP contribution in [0.15, 0.2) is 42.5 Å². The molecular formula is C16H17NO3. The summed E-state index contributed by atoms with van der Waals surface area (Å²) in [5.41, 5.74) is 2.20. The van der Waals surface area contributed by atoms with Crippen LogP contribution in [0.1, 0.15) is 25.5 Å². The number of nitrogens with zero attached hydrogens (tertiary/aromatic N) is 1. The van der Waals surface area contributed by atoms with Gasteiger partial charge in [-0.05, 0) is 30.7 Å². The van der Waals surface area contributed by atoms with Gasteiger partial charge in [0.1, 0.15) is 5.75 Å². The lowest BCUT2D eigenvalue weighted by Gasteiger charge is -2.07. The van der Waals surface area contributed by atoms with Gasteiger partial charge < -0.3 is 9.84 Å². The number of carbonyl (C=O) groups is 1. The second-order valence-electron chi connectivity index (χ2n) is 4.42. The third-order valence-corrected chi connectivity index (χ3v) is 2.78. The molecule has 0 unspecified atom stereocenters. The van der Waals surface area contributed by atoms with Crippen LogP contribution in [0.25, 0.3) is 11.3 Å². The molecule has 1 aromatic heterocycles. The van der Waals surface area contributed by atoms with E-state index < -0.39 is 0 Å². The molecule has 0 atom stereocenters. The number of hydrogen-bond donors (Lipinski definition) is 1. The fourth-order valence-corrected chi connectivity index (χ4v) is 1.83. The van der Waals surface area contributed by atoms with E-state index in [1.165, 1.54) is 0 Å². The van der Waals surface area contributed by atoms with Crippen molar-refractivity contribution in [1.82, 2.24) is 4.98 Å². The molecule has 0 aliphatic carbocycles. The third-order valence-electron chi connectivity index (χ3n) is 2.78. The maximum atomic E-state index is 11.5. The van der Waals surface area contributed by atoms with Crippen LogP contribution in [-0.2, 0) is 11.4 Å². The van der Waals surface area contributed by atoms with Crippen LogP contribution < -0.4 is 4.74 Å². The first-order chi connectivity index (χ1) is 9.72. The Labute approximate surface area is 118 Å². The number of ether oxygens (including phenoxy) is 1. The van der Waals surface area contributed by atoms with Crippen LogP contribution in [0.3, 0.4) is 0 Å². The standard InChI is InChI=1S/C16H17NO3/c1-2-5-16(19)20-14-8-3-6-12(10-14)15-9-4-7-13(11-18)17-15/h3-4,6-10,18H,2,5,11H2,1H3. The van der Waals surface area contributed by atoms with E-state index in [9.17, 15) is 4.79 Å². The van der Waals surface area contributed by atoms with E-state index >= 15 is 0 Å². The first-order valence-corrected chi connectivity index (χ1v) is 6.61. The first kappa shape index (κ1) is 14.2. The molecule has 0 saturated heterocycles. The Morgan fingerprint density at radius 2 is 2.05 bits per heavy atom. The molecule has 0 aliphatic rings. The SMILES string of the molecule is CCCC(=O)Oc1cccc(-c2cccc(CO)n2)c1. The molecule has 104 valence electrons. The van der Waals surface area contributed by atoms with Crippen LogP contribution >= 0.6 is 0 Å². The van der Waals surface area contributed by atoms with Crippen molar-refractivity contribution in [2.24, 2.45) is 0 Å². The average Bonchev–Trinajstić information content (AvgIpc) is 2.48. The summed E-state index contributed by atoms with van der Waals surface area (Å²) in [6, 6.07) is 12.7. The highest BCUT2D eigenvalue weighted by molar-refractivity contribution is 5.73. The lowest BCUT2D eigenvalue weighted by molar-refractivity contribution is -0.134. The summed E-state index contributed by atoms with van der Waals surface area (Å²) in [4.78, 5) is 15.8. The number of hydrogen-bond acceptors (Lipinski definition) is 4. The normalized spacial score (nSPS) is 10.3. The largest absolute Gasteiger partial charge is 0.427 e. The second kappa shape index (κ2) is 6.82. The zero-order valence-corrected chi connectivity index (χ0v) is 11.4. The Balaban J connectivity index is 2.22. The van der Waals surface area contributed by atoms with Gasteiger partial charge in [-0.15, -0.1) is 0 Å². The van der Waals surface area contributed by atoms with Gasteiger partial charge in [0.2, 0.25) is 0 Å². The number of benzene rings is 1. The minimum Gasteiger partial charge on any atom is -0.427 e. The maximum Gasteiger partial charge on any atom is 0.311 e. The number of aliphatic hydroxyl groups is 1. The molecule has 0 spiro atoms. The monoisotopic (exact) mass is 271 g/mol. The molecule has 1 N–H and O–H groups in total. The Kier molecular flexibility index (Phi) is 4.85. The fourth-order valence-electron chi connectivity index (χ4n) is 1.83. The van der Waals surface area contributed by atoms with Crippen LogP contribution in [0, 0.1) is 0 Å².